The van der Waals surface area contributed by atoms with Gasteiger partial charge < -0.3 is 10.1 Å². The van der Waals surface area contributed by atoms with Crippen LogP contribution in [0.4, 0.5) is 14.9 Å². The number of hydrogen-bond donors (Lipinski definition) is 2. The second kappa shape index (κ2) is 7.53. The van der Waals surface area contributed by atoms with Crippen LogP contribution in [-0.4, -0.2) is 23.3 Å². The van der Waals surface area contributed by atoms with Crippen LogP contribution in [0, 0.1) is 5.82 Å². The zero-order chi connectivity index (χ0) is 16.8. The Bertz CT molecular complexity index is 562. The van der Waals surface area contributed by atoms with Crippen LogP contribution >= 0.6 is 0 Å². The SMILES string of the molecule is CC(CC(=O)Nc1ccc(F)cc1)=NNC(=O)OC(C)(C)C. The van der Waals surface area contributed by atoms with Gasteiger partial charge in [0.05, 0.1) is 6.42 Å². The van der Waals surface area contributed by atoms with Gasteiger partial charge in [0, 0.05) is 11.4 Å². The molecule has 1 aromatic rings. The Morgan fingerprint density at radius 2 is 1.82 bits per heavy atom. The lowest BCUT2D eigenvalue weighted by atomic mass is 10.2. The maximum atomic E-state index is 12.7. The van der Waals surface area contributed by atoms with E-state index >= 15 is 0 Å². The number of anilines is 1. The number of nitrogens with one attached hydrogen (secondary N) is 2. The van der Waals surface area contributed by atoms with Crippen molar-refractivity contribution in [3.05, 3.63) is 30.1 Å². The highest BCUT2D eigenvalue weighted by atomic mass is 19.1. The van der Waals surface area contributed by atoms with E-state index in [1.54, 1.807) is 27.7 Å². The molecule has 2 N–H and O–H groups in total. The summed E-state index contributed by atoms with van der Waals surface area (Å²) in [6.07, 6.45) is -0.696. The van der Waals surface area contributed by atoms with Crippen molar-refractivity contribution in [2.45, 2.75) is 39.7 Å². The summed E-state index contributed by atoms with van der Waals surface area (Å²) in [4.78, 5) is 23.1. The Hall–Kier alpha value is -2.44. The summed E-state index contributed by atoms with van der Waals surface area (Å²) < 4.78 is 17.8. The highest BCUT2D eigenvalue weighted by Crippen LogP contribution is 2.09. The maximum absolute atomic E-state index is 12.7. The normalized spacial score (nSPS) is 11.8. The monoisotopic (exact) mass is 309 g/mol. The fraction of sp³-hybridized carbons (Fsp3) is 0.400. The molecule has 0 unspecified atom stereocenters. The maximum Gasteiger partial charge on any atom is 0.428 e. The summed E-state index contributed by atoms with van der Waals surface area (Å²) in [5, 5.41) is 6.37. The van der Waals surface area contributed by atoms with Gasteiger partial charge in [-0.1, -0.05) is 0 Å². The summed E-state index contributed by atoms with van der Waals surface area (Å²) in [6, 6.07) is 5.42. The minimum Gasteiger partial charge on any atom is -0.443 e. The average molecular weight is 309 g/mol. The molecule has 22 heavy (non-hydrogen) atoms. The fourth-order valence-corrected chi connectivity index (χ4v) is 1.45. The third-order valence-electron chi connectivity index (χ3n) is 2.28. The standard InChI is InChI=1S/C15H20FN3O3/c1-10(18-19-14(21)22-15(2,3)4)9-13(20)17-12-7-5-11(16)6-8-12/h5-8H,9H2,1-4H3,(H,17,20)(H,19,21). The van der Waals surface area contributed by atoms with Gasteiger partial charge in [-0.25, -0.2) is 14.6 Å². The highest BCUT2D eigenvalue weighted by molar-refractivity contribution is 6.05. The molecule has 0 aromatic heterocycles. The molecule has 0 bridgehead atoms. The number of hydrogen-bond acceptors (Lipinski definition) is 4. The predicted molar refractivity (Wildman–Crippen MR) is 82.1 cm³/mol. The number of benzene rings is 1. The second-order valence-corrected chi connectivity index (χ2v) is 5.69. The van der Waals surface area contributed by atoms with Gasteiger partial charge in [-0.2, -0.15) is 5.10 Å². The molecule has 1 rings (SSSR count). The number of nitrogens with zero attached hydrogens (tertiary/aromatic N) is 1. The summed E-state index contributed by atoms with van der Waals surface area (Å²) in [5.41, 5.74) is 2.49. The third kappa shape index (κ3) is 7.37. The van der Waals surface area contributed by atoms with Crippen LogP contribution in [0.25, 0.3) is 0 Å². The van der Waals surface area contributed by atoms with Crippen molar-refractivity contribution in [2.75, 3.05) is 5.32 Å². The Labute approximate surface area is 128 Å². The van der Waals surface area contributed by atoms with Crippen molar-refractivity contribution in [2.24, 2.45) is 5.10 Å². The quantitative estimate of drug-likeness (QED) is 0.662. The van der Waals surface area contributed by atoms with Crippen LogP contribution in [-0.2, 0) is 9.53 Å². The van der Waals surface area contributed by atoms with Crippen molar-refractivity contribution in [3.63, 3.8) is 0 Å². The summed E-state index contributed by atoms with van der Waals surface area (Å²) in [5.74, 6) is -0.698. The van der Waals surface area contributed by atoms with Crippen LogP contribution in [0.5, 0.6) is 0 Å². The Morgan fingerprint density at radius 1 is 1.23 bits per heavy atom. The van der Waals surface area contributed by atoms with Crippen molar-refractivity contribution in [1.29, 1.82) is 0 Å². The molecule has 0 radical (unpaired) electrons. The van der Waals surface area contributed by atoms with Crippen LogP contribution < -0.4 is 10.7 Å². The molecule has 0 saturated heterocycles. The number of ether oxygens (including phenoxy) is 1. The van der Waals surface area contributed by atoms with Gasteiger partial charge in [0.1, 0.15) is 11.4 Å². The highest BCUT2D eigenvalue weighted by Gasteiger charge is 2.15. The fourth-order valence-electron chi connectivity index (χ4n) is 1.45. The lowest BCUT2D eigenvalue weighted by Gasteiger charge is -2.18. The van der Waals surface area contributed by atoms with Crippen molar-refractivity contribution in [3.8, 4) is 0 Å². The predicted octanol–water partition coefficient (Wildman–Crippen LogP) is 3.05. The lowest BCUT2D eigenvalue weighted by molar-refractivity contribution is -0.115. The number of hydrazone groups is 1. The first-order valence-electron chi connectivity index (χ1n) is 6.73. The van der Waals surface area contributed by atoms with E-state index in [0.717, 1.165) is 0 Å². The van der Waals surface area contributed by atoms with Gasteiger partial charge in [0.25, 0.3) is 0 Å². The lowest BCUT2D eigenvalue weighted by Crippen LogP contribution is -2.30. The molecule has 0 heterocycles. The number of rotatable bonds is 4. The van der Waals surface area contributed by atoms with Gasteiger partial charge >= 0.3 is 6.09 Å². The van der Waals surface area contributed by atoms with E-state index < -0.39 is 11.7 Å². The van der Waals surface area contributed by atoms with Crippen molar-refractivity contribution in [1.82, 2.24) is 5.43 Å². The van der Waals surface area contributed by atoms with E-state index in [4.69, 9.17) is 4.74 Å². The summed E-state index contributed by atoms with van der Waals surface area (Å²) in [6.45, 7) is 6.81. The van der Waals surface area contributed by atoms with E-state index in [2.05, 4.69) is 15.8 Å². The molecule has 0 fully saturated rings. The largest absolute Gasteiger partial charge is 0.443 e. The van der Waals surface area contributed by atoms with Crippen LogP contribution in [0.2, 0.25) is 0 Å². The molecule has 0 saturated carbocycles. The summed E-state index contributed by atoms with van der Waals surface area (Å²) in [7, 11) is 0. The first kappa shape index (κ1) is 17.6. The van der Waals surface area contributed by atoms with Gasteiger partial charge in [-0.05, 0) is 52.0 Å². The van der Waals surface area contributed by atoms with Crippen LogP contribution in [0.15, 0.2) is 29.4 Å². The minimum atomic E-state index is -0.689. The van der Waals surface area contributed by atoms with E-state index in [-0.39, 0.29) is 18.1 Å². The molecular formula is C15H20FN3O3. The number of carbonyl (C=O) groups excluding carboxylic acids is 2. The molecule has 120 valence electrons. The van der Waals surface area contributed by atoms with Crippen molar-refractivity contribution >= 4 is 23.4 Å². The molecule has 0 aliphatic rings. The first-order valence-corrected chi connectivity index (χ1v) is 6.73. The molecule has 0 aliphatic carbocycles. The first-order chi connectivity index (χ1) is 10.2. The summed E-state index contributed by atoms with van der Waals surface area (Å²) >= 11 is 0. The van der Waals surface area contributed by atoms with E-state index in [1.807, 2.05) is 0 Å². The van der Waals surface area contributed by atoms with Gasteiger partial charge in [-0.15, -0.1) is 0 Å². The topological polar surface area (TPSA) is 79.8 Å². The Morgan fingerprint density at radius 3 is 2.36 bits per heavy atom. The molecular weight excluding hydrogens is 289 g/mol. The van der Waals surface area contributed by atoms with Crippen LogP contribution in [0.1, 0.15) is 34.1 Å². The smallest absolute Gasteiger partial charge is 0.428 e. The van der Waals surface area contributed by atoms with E-state index in [0.29, 0.717) is 11.4 Å². The zero-order valence-corrected chi connectivity index (χ0v) is 13.1. The number of carbonyl (C=O) groups is 2. The molecule has 7 heteroatoms. The molecule has 1 aromatic carbocycles. The molecule has 0 aliphatic heterocycles. The van der Waals surface area contributed by atoms with E-state index in [1.165, 1.54) is 24.3 Å². The molecule has 2 amide bonds. The van der Waals surface area contributed by atoms with E-state index in [9.17, 15) is 14.0 Å². The number of amides is 2. The van der Waals surface area contributed by atoms with Gasteiger partial charge in [0.2, 0.25) is 5.91 Å². The van der Waals surface area contributed by atoms with Crippen molar-refractivity contribution < 1.29 is 18.7 Å². The minimum absolute atomic E-state index is 0.00677. The zero-order valence-electron chi connectivity index (χ0n) is 13.1. The molecule has 0 atom stereocenters. The van der Waals surface area contributed by atoms with Crippen LogP contribution in [0.3, 0.4) is 0 Å². The van der Waals surface area contributed by atoms with Gasteiger partial charge in [-0.3, -0.25) is 4.79 Å². The average Bonchev–Trinajstić information content (AvgIpc) is 2.37. The molecule has 0 spiro atoms. The second-order valence-electron chi connectivity index (χ2n) is 5.69. The third-order valence-corrected chi connectivity index (χ3v) is 2.28. The Balaban J connectivity index is 2.44. The Kier molecular flexibility index (Phi) is 6.03. The number of halogens is 1. The van der Waals surface area contributed by atoms with Gasteiger partial charge in [0.15, 0.2) is 0 Å². The molecule has 6 nitrogen and oxygen atoms in total.